The van der Waals surface area contributed by atoms with Gasteiger partial charge in [0.05, 0.1) is 10.5 Å². The largest absolute Gasteiger partial charge is 0.416 e. The lowest BCUT2D eigenvalue weighted by Gasteiger charge is -2.14. The molecule has 1 unspecified atom stereocenters. The number of hydrogen-bond acceptors (Lipinski definition) is 3. The monoisotopic (exact) mass is 330 g/mol. The fraction of sp³-hybridized carbons (Fsp3) is 0.214. The van der Waals surface area contributed by atoms with E-state index in [1.54, 1.807) is 25.3 Å². The summed E-state index contributed by atoms with van der Waals surface area (Å²) in [5.74, 6) is 0. The Morgan fingerprint density at radius 2 is 1.77 bits per heavy atom. The fourth-order valence-corrected chi connectivity index (χ4v) is 3.06. The van der Waals surface area contributed by atoms with E-state index in [0.29, 0.717) is 5.56 Å². The predicted molar refractivity (Wildman–Crippen MR) is 74.4 cm³/mol. The summed E-state index contributed by atoms with van der Waals surface area (Å²) in [6.45, 7) is 1.62. The molecular formula is C14H13F3N2O2S. The number of benzene rings is 1. The smallest absolute Gasteiger partial charge is 0.264 e. The van der Waals surface area contributed by atoms with Gasteiger partial charge in [-0.1, -0.05) is 6.07 Å². The summed E-state index contributed by atoms with van der Waals surface area (Å²) in [6.07, 6.45) is -1.43. The van der Waals surface area contributed by atoms with E-state index in [-0.39, 0.29) is 4.90 Å². The zero-order valence-corrected chi connectivity index (χ0v) is 12.3. The second-order valence-electron chi connectivity index (χ2n) is 4.65. The summed E-state index contributed by atoms with van der Waals surface area (Å²) >= 11 is 0. The topological polar surface area (TPSA) is 59.1 Å². The summed E-state index contributed by atoms with van der Waals surface area (Å²) in [5, 5.41) is 0. The second-order valence-corrected chi connectivity index (χ2v) is 6.37. The van der Waals surface area contributed by atoms with Crippen LogP contribution in [0.25, 0.3) is 0 Å². The molecule has 4 nitrogen and oxygen atoms in total. The zero-order valence-electron chi connectivity index (χ0n) is 11.5. The summed E-state index contributed by atoms with van der Waals surface area (Å²) < 4.78 is 64.2. The van der Waals surface area contributed by atoms with Crippen molar-refractivity contribution < 1.29 is 21.6 Å². The highest BCUT2D eigenvalue weighted by molar-refractivity contribution is 7.89. The van der Waals surface area contributed by atoms with Gasteiger partial charge in [0.2, 0.25) is 10.0 Å². The SMILES string of the molecule is CC(NS(=O)(=O)c1ccc(C(F)(F)F)cc1)c1cccnc1. The molecule has 118 valence electrons. The molecule has 0 saturated heterocycles. The van der Waals surface area contributed by atoms with Gasteiger partial charge in [0, 0.05) is 18.4 Å². The van der Waals surface area contributed by atoms with Gasteiger partial charge >= 0.3 is 6.18 Å². The Bertz CT molecular complexity index is 729. The van der Waals surface area contributed by atoms with Crippen LogP contribution in [0.5, 0.6) is 0 Å². The minimum absolute atomic E-state index is 0.226. The van der Waals surface area contributed by atoms with Crippen molar-refractivity contribution in [2.75, 3.05) is 0 Å². The van der Waals surface area contributed by atoms with E-state index >= 15 is 0 Å². The van der Waals surface area contributed by atoms with Crippen molar-refractivity contribution in [2.24, 2.45) is 0 Å². The summed E-state index contributed by atoms with van der Waals surface area (Å²) in [4.78, 5) is 3.66. The maximum atomic E-state index is 12.5. The highest BCUT2D eigenvalue weighted by atomic mass is 32.2. The molecular weight excluding hydrogens is 317 g/mol. The van der Waals surface area contributed by atoms with E-state index in [4.69, 9.17) is 0 Å². The molecule has 1 atom stereocenters. The Labute approximate surface area is 126 Å². The normalized spacial score (nSPS) is 13.8. The number of aromatic nitrogens is 1. The number of halogens is 3. The molecule has 0 radical (unpaired) electrons. The van der Waals surface area contributed by atoms with E-state index in [0.717, 1.165) is 24.3 Å². The number of nitrogens with one attached hydrogen (secondary N) is 1. The van der Waals surface area contributed by atoms with Crippen molar-refractivity contribution in [3.8, 4) is 0 Å². The Balaban J connectivity index is 2.20. The predicted octanol–water partition coefficient (Wildman–Crippen LogP) is 3.14. The standard InChI is InChI=1S/C14H13F3N2O2S/c1-10(11-3-2-8-18-9-11)19-22(20,21)13-6-4-12(5-7-13)14(15,16)17/h2-10,19H,1H3. The Hall–Kier alpha value is -1.93. The van der Waals surface area contributed by atoms with Crippen LogP contribution in [0.2, 0.25) is 0 Å². The summed E-state index contributed by atoms with van der Waals surface area (Å²) in [7, 11) is -3.92. The van der Waals surface area contributed by atoms with Crippen molar-refractivity contribution in [1.29, 1.82) is 0 Å². The van der Waals surface area contributed by atoms with E-state index in [1.165, 1.54) is 6.20 Å². The number of alkyl halides is 3. The molecule has 1 aromatic heterocycles. The molecule has 0 aliphatic heterocycles. The molecule has 0 spiro atoms. The van der Waals surface area contributed by atoms with E-state index in [2.05, 4.69) is 9.71 Å². The molecule has 1 heterocycles. The average Bonchev–Trinajstić information content (AvgIpc) is 2.47. The van der Waals surface area contributed by atoms with Crippen LogP contribution in [0, 0.1) is 0 Å². The molecule has 0 aliphatic carbocycles. The lowest BCUT2D eigenvalue weighted by molar-refractivity contribution is -0.137. The molecule has 2 rings (SSSR count). The number of hydrogen-bond donors (Lipinski definition) is 1. The van der Waals surface area contributed by atoms with Crippen LogP contribution in [-0.2, 0) is 16.2 Å². The van der Waals surface area contributed by atoms with Crippen LogP contribution < -0.4 is 4.72 Å². The third-order valence-electron chi connectivity index (χ3n) is 3.01. The first-order chi connectivity index (χ1) is 10.2. The van der Waals surface area contributed by atoms with Crippen molar-refractivity contribution in [3.63, 3.8) is 0 Å². The highest BCUT2D eigenvalue weighted by Crippen LogP contribution is 2.29. The van der Waals surface area contributed by atoms with Crippen LogP contribution in [0.15, 0.2) is 53.7 Å². The van der Waals surface area contributed by atoms with Crippen molar-refractivity contribution in [3.05, 3.63) is 59.9 Å². The van der Waals surface area contributed by atoms with Gasteiger partial charge in [-0.25, -0.2) is 13.1 Å². The minimum atomic E-state index is -4.50. The van der Waals surface area contributed by atoms with Crippen molar-refractivity contribution >= 4 is 10.0 Å². The van der Waals surface area contributed by atoms with Gasteiger partial charge in [-0.2, -0.15) is 13.2 Å². The maximum absolute atomic E-state index is 12.5. The van der Waals surface area contributed by atoms with Crippen LogP contribution in [0.3, 0.4) is 0 Å². The number of sulfonamides is 1. The van der Waals surface area contributed by atoms with Gasteiger partial charge in [-0.05, 0) is 42.8 Å². The third-order valence-corrected chi connectivity index (χ3v) is 4.56. The fourth-order valence-electron chi connectivity index (χ4n) is 1.82. The molecule has 2 aromatic rings. The van der Waals surface area contributed by atoms with Crippen LogP contribution in [0.4, 0.5) is 13.2 Å². The molecule has 1 aromatic carbocycles. The second kappa shape index (κ2) is 6.05. The first kappa shape index (κ1) is 16.4. The van der Waals surface area contributed by atoms with Gasteiger partial charge in [-0.3, -0.25) is 4.98 Å². The van der Waals surface area contributed by atoms with Gasteiger partial charge < -0.3 is 0 Å². The van der Waals surface area contributed by atoms with Gasteiger partial charge in [0.15, 0.2) is 0 Å². The third kappa shape index (κ3) is 3.83. The van der Waals surface area contributed by atoms with Gasteiger partial charge in [-0.15, -0.1) is 0 Å². The quantitative estimate of drug-likeness (QED) is 0.937. The van der Waals surface area contributed by atoms with Gasteiger partial charge in [0.25, 0.3) is 0 Å². The zero-order chi connectivity index (χ0) is 16.4. The van der Waals surface area contributed by atoms with Crippen molar-refractivity contribution in [1.82, 2.24) is 9.71 Å². The lowest BCUT2D eigenvalue weighted by atomic mass is 10.2. The lowest BCUT2D eigenvalue weighted by Crippen LogP contribution is -2.27. The first-order valence-electron chi connectivity index (χ1n) is 6.30. The van der Waals surface area contributed by atoms with Crippen molar-refractivity contribution in [2.45, 2.75) is 24.0 Å². The Morgan fingerprint density at radius 3 is 2.27 bits per heavy atom. The first-order valence-corrected chi connectivity index (χ1v) is 7.78. The van der Waals surface area contributed by atoms with Crippen LogP contribution in [0.1, 0.15) is 24.1 Å². The van der Waals surface area contributed by atoms with Crippen LogP contribution in [-0.4, -0.2) is 13.4 Å². The highest BCUT2D eigenvalue weighted by Gasteiger charge is 2.30. The number of pyridine rings is 1. The molecule has 0 bridgehead atoms. The molecule has 22 heavy (non-hydrogen) atoms. The molecule has 0 amide bonds. The van der Waals surface area contributed by atoms with Gasteiger partial charge in [0.1, 0.15) is 0 Å². The van der Waals surface area contributed by atoms with E-state index in [1.807, 2.05) is 0 Å². The number of rotatable bonds is 4. The molecule has 0 saturated carbocycles. The molecule has 0 aliphatic rings. The maximum Gasteiger partial charge on any atom is 0.416 e. The number of nitrogens with zero attached hydrogens (tertiary/aromatic N) is 1. The minimum Gasteiger partial charge on any atom is -0.264 e. The average molecular weight is 330 g/mol. The summed E-state index contributed by atoms with van der Waals surface area (Å²) in [5.41, 5.74) is -0.246. The molecule has 1 N–H and O–H groups in total. The molecule has 0 fully saturated rings. The van der Waals surface area contributed by atoms with E-state index in [9.17, 15) is 21.6 Å². The molecule has 8 heteroatoms. The van der Waals surface area contributed by atoms with E-state index < -0.39 is 27.8 Å². The Morgan fingerprint density at radius 1 is 1.14 bits per heavy atom. The summed E-state index contributed by atoms with van der Waals surface area (Å²) in [6, 6.07) is 6.15. The van der Waals surface area contributed by atoms with Crippen LogP contribution >= 0.6 is 0 Å². The Kier molecular flexibility index (Phi) is 4.52.